The van der Waals surface area contributed by atoms with Gasteiger partial charge in [-0.1, -0.05) is 45.9 Å². The van der Waals surface area contributed by atoms with Crippen LogP contribution in [0.2, 0.25) is 0 Å². The van der Waals surface area contributed by atoms with Crippen molar-refractivity contribution in [2.24, 2.45) is 0 Å². The van der Waals surface area contributed by atoms with Crippen LogP contribution in [0.4, 0.5) is 21.9 Å². The molecule has 2 aromatic heterocycles. The SMILES string of the molecule is CNC(=O)Oc1cc2c(c3ccccc13)C(CCl)CN2C(=O)c1cc2cc(NC(=O)c3cc4cc(NC(=O)CCSSC[C@H](NC)C(=O)O)ccc4[nH]3)ccc2[nH]1. The first-order valence-electron chi connectivity index (χ1n) is 17.9. The summed E-state index contributed by atoms with van der Waals surface area (Å²) in [7, 11) is 5.91. The molecule has 7 rings (SSSR count). The third kappa shape index (κ3) is 8.54. The number of H-pyrrole nitrogens is 2. The van der Waals surface area contributed by atoms with E-state index in [9.17, 15) is 24.0 Å². The Kier molecular flexibility index (Phi) is 11.9. The molecule has 1 unspecified atom stereocenters. The van der Waals surface area contributed by atoms with Crippen molar-refractivity contribution in [1.29, 1.82) is 0 Å². The number of alkyl halides is 1. The lowest BCUT2D eigenvalue weighted by Gasteiger charge is -2.18. The average molecular weight is 828 g/mol. The maximum atomic E-state index is 14.1. The molecule has 7 N–H and O–H groups in total. The molecule has 17 heteroatoms. The number of carboxylic acid groups (broad SMARTS) is 1. The van der Waals surface area contributed by atoms with Crippen molar-refractivity contribution in [2.75, 3.05) is 53.6 Å². The van der Waals surface area contributed by atoms with Crippen molar-refractivity contribution in [3.8, 4) is 5.75 Å². The number of nitrogens with zero attached hydrogens (tertiary/aromatic N) is 1. The second kappa shape index (κ2) is 17.2. The number of hydrogen-bond acceptors (Lipinski definition) is 9. The van der Waals surface area contributed by atoms with Crippen LogP contribution in [0.15, 0.2) is 78.9 Å². The molecule has 1 aliphatic rings. The lowest BCUT2D eigenvalue weighted by atomic mass is 9.95. The van der Waals surface area contributed by atoms with Gasteiger partial charge in [-0.3, -0.25) is 19.2 Å². The molecule has 1 aliphatic heterocycles. The largest absolute Gasteiger partial charge is 0.480 e. The van der Waals surface area contributed by atoms with Gasteiger partial charge in [-0.05, 0) is 66.5 Å². The molecule has 4 aromatic carbocycles. The Labute approximate surface area is 339 Å². The van der Waals surface area contributed by atoms with E-state index in [4.69, 9.17) is 21.4 Å². The van der Waals surface area contributed by atoms with Crippen molar-refractivity contribution >= 4 is 113 Å². The highest BCUT2D eigenvalue weighted by Crippen LogP contribution is 2.46. The zero-order chi connectivity index (χ0) is 40.2. The highest BCUT2D eigenvalue weighted by atomic mass is 35.5. The van der Waals surface area contributed by atoms with Gasteiger partial charge >= 0.3 is 12.1 Å². The summed E-state index contributed by atoms with van der Waals surface area (Å²) in [5.74, 6) is -0.374. The number of aromatic nitrogens is 2. The summed E-state index contributed by atoms with van der Waals surface area (Å²) in [6, 6.07) is 22.7. The number of ether oxygens (including phenoxy) is 1. The van der Waals surface area contributed by atoms with Gasteiger partial charge in [0.2, 0.25) is 5.91 Å². The number of amides is 4. The van der Waals surface area contributed by atoms with E-state index in [-0.39, 0.29) is 35.9 Å². The highest BCUT2D eigenvalue weighted by molar-refractivity contribution is 8.76. The van der Waals surface area contributed by atoms with Gasteiger partial charge in [0.15, 0.2) is 0 Å². The lowest BCUT2D eigenvalue weighted by Crippen LogP contribution is -2.35. The molecule has 294 valence electrons. The van der Waals surface area contributed by atoms with Gasteiger partial charge in [-0.15, -0.1) is 11.6 Å². The van der Waals surface area contributed by atoms with Gasteiger partial charge in [0.05, 0.1) is 5.69 Å². The van der Waals surface area contributed by atoms with Crippen molar-refractivity contribution in [1.82, 2.24) is 20.6 Å². The number of anilines is 3. The maximum absolute atomic E-state index is 14.1. The monoisotopic (exact) mass is 827 g/mol. The molecule has 0 aliphatic carbocycles. The highest BCUT2D eigenvalue weighted by Gasteiger charge is 2.36. The van der Waals surface area contributed by atoms with Crippen LogP contribution < -0.4 is 30.9 Å². The second-order valence-electron chi connectivity index (χ2n) is 13.3. The molecule has 0 saturated carbocycles. The van der Waals surface area contributed by atoms with Crippen LogP contribution >= 0.6 is 33.2 Å². The number of carbonyl (C=O) groups excluding carboxylic acids is 4. The van der Waals surface area contributed by atoms with Crippen LogP contribution in [-0.4, -0.2) is 88.9 Å². The Bertz CT molecular complexity index is 2540. The molecule has 6 aromatic rings. The number of hydrogen-bond donors (Lipinski definition) is 7. The van der Waals surface area contributed by atoms with Crippen molar-refractivity contribution in [2.45, 2.75) is 18.4 Å². The Morgan fingerprint density at radius 2 is 1.54 bits per heavy atom. The Hall–Kier alpha value is -5.68. The summed E-state index contributed by atoms with van der Waals surface area (Å²) in [5.41, 5.74) is 4.71. The van der Waals surface area contributed by atoms with E-state index in [0.29, 0.717) is 68.7 Å². The fraction of sp³-hybridized carbons (Fsp3) is 0.225. The van der Waals surface area contributed by atoms with E-state index in [2.05, 4.69) is 31.2 Å². The summed E-state index contributed by atoms with van der Waals surface area (Å²) >= 11 is 6.45. The molecule has 57 heavy (non-hydrogen) atoms. The van der Waals surface area contributed by atoms with Gasteiger partial charge in [-0.2, -0.15) is 0 Å². The summed E-state index contributed by atoms with van der Waals surface area (Å²) in [4.78, 5) is 71.3. The van der Waals surface area contributed by atoms with Gasteiger partial charge in [0.1, 0.15) is 23.2 Å². The molecule has 0 radical (unpaired) electrons. The Morgan fingerprint density at radius 3 is 2.21 bits per heavy atom. The van der Waals surface area contributed by atoms with Crippen molar-refractivity contribution in [3.05, 3.63) is 95.8 Å². The standard InChI is InChI=1S/C40H38ClN7O7S2/c1-42-32(39(52)53)20-57-56-12-11-35(49)44-24-7-9-28-21(13-24)15-30(46-28)37(50)45-25-8-10-29-22(14-25)16-31(47-29)38(51)48-19-23(18-41)36-27-6-4-3-5-26(27)34(17-33(36)48)55-40(54)43-2/h3-10,13-17,23,32,42,46-47H,11-12,18-20H2,1-2H3,(H,43,54)(H,44,49)(H,45,50)(H,52,53)/t23?,32-/m0/s1. The predicted molar refractivity (Wildman–Crippen MR) is 227 cm³/mol. The lowest BCUT2D eigenvalue weighted by molar-refractivity contribution is -0.138. The fourth-order valence-corrected chi connectivity index (χ4v) is 9.26. The minimum atomic E-state index is -0.916. The summed E-state index contributed by atoms with van der Waals surface area (Å²) in [5, 5.41) is 23.2. The number of nitrogens with one attached hydrogen (secondary N) is 6. The van der Waals surface area contributed by atoms with E-state index in [1.54, 1.807) is 66.5 Å². The second-order valence-corrected chi connectivity index (χ2v) is 16.2. The van der Waals surface area contributed by atoms with Crippen LogP contribution in [-0.2, 0) is 9.59 Å². The summed E-state index contributed by atoms with van der Waals surface area (Å²) < 4.78 is 5.60. The number of rotatable bonds is 14. The minimum Gasteiger partial charge on any atom is -0.480 e. The number of carbonyl (C=O) groups is 5. The Morgan fingerprint density at radius 1 is 0.877 bits per heavy atom. The maximum Gasteiger partial charge on any atom is 0.412 e. The molecule has 4 amide bonds. The quantitative estimate of drug-likeness (QED) is 0.0337. The van der Waals surface area contributed by atoms with Gasteiger partial charge in [-0.25, -0.2) is 4.79 Å². The third-order valence-electron chi connectivity index (χ3n) is 9.60. The molecule has 0 spiro atoms. The normalized spacial score (nSPS) is 14.1. The number of aromatic amines is 2. The summed E-state index contributed by atoms with van der Waals surface area (Å²) in [6.45, 7) is 0.341. The number of halogens is 1. The van der Waals surface area contributed by atoms with Gasteiger partial charge < -0.3 is 46.0 Å². The molecule has 3 heterocycles. The van der Waals surface area contributed by atoms with Crippen LogP contribution in [0.5, 0.6) is 5.75 Å². The van der Waals surface area contributed by atoms with E-state index in [0.717, 1.165) is 21.7 Å². The van der Waals surface area contributed by atoms with Gasteiger partial charge in [0.25, 0.3) is 11.8 Å². The zero-order valence-electron chi connectivity index (χ0n) is 30.7. The molecular formula is C40H38ClN7O7S2. The topological polar surface area (TPSA) is 198 Å². The molecular weight excluding hydrogens is 790 g/mol. The van der Waals surface area contributed by atoms with Crippen LogP contribution in [0.1, 0.15) is 38.9 Å². The van der Waals surface area contributed by atoms with Crippen LogP contribution in [0.3, 0.4) is 0 Å². The fourth-order valence-electron chi connectivity index (χ4n) is 6.78. The number of carboxylic acids is 1. The zero-order valence-corrected chi connectivity index (χ0v) is 33.1. The number of fused-ring (bicyclic) bond motifs is 5. The van der Waals surface area contributed by atoms with Crippen LogP contribution in [0.25, 0.3) is 32.6 Å². The van der Waals surface area contributed by atoms with E-state index in [1.165, 1.54) is 28.6 Å². The first-order valence-corrected chi connectivity index (χ1v) is 20.9. The number of benzene rings is 4. The molecule has 2 atom stereocenters. The van der Waals surface area contributed by atoms with Crippen LogP contribution in [0, 0.1) is 0 Å². The third-order valence-corrected chi connectivity index (χ3v) is 12.4. The summed E-state index contributed by atoms with van der Waals surface area (Å²) in [6.07, 6.45) is -0.370. The molecule has 0 saturated heterocycles. The number of aliphatic carboxylic acids is 1. The minimum absolute atomic E-state index is 0.143. The van der Waals surface area contributed by atoms with E-state index >= 15 is 0 Å². The van der Waals surface area contributed by atoms with E-state index in [1.807, 2.05) is 24.3 Å². The first-order chi connectivity index (χ1) is 27.6. The van der Waals surface area contributed by atoms with Crippen molar-refractivity contribution < 1.29 is 33.8 Å². The Balaban J connectivity index is 1.02. The van der Waals surface area contributed by atoms with Gasteiger partial charge in [0, 0.05) is 88.0 Å². The molecule has 0 fully saturated rings. The van der Waals surface area contributed by atoms with Crippen molar-refractivity contribution in [3.63, 3.8) is 0 Å². The smallest absolute Gasteiger partial charge is 0.412 e. The van der Waals surface area contributed by atoms with E-state index < -0.39 is 18.1 Å². The molecule has 14 nitrogen and oxygen atoms in total. The average Bonchev–Trinajstić information content (AvgIpc) is 3.94. The molecule has 0 bridgehead atoms. The number of likely N-dealkylation sites (N-methyl/N-ethyl adjacent to an activating group) is 1. The predicted octanol–water partition coefficient (Wildman–Crippen LogP) is 7.14. The first kappa shape index (κ1) is 39.6.